The molecule has 0 aliphatic carbocycles. The maximum Gasteiger partial charge on any atom is 0.353 e. The molecule has 0 aliphatic rings. The first-order chi connectivity index (χ1) is 14.7. The first-order valence-electron chi connectivity index (χ1n) is 10.4. The summed E-state index contributed by atoms with van der Waals surface area (Å²) in [7, 11) is 0. The standard InChI is InChI=1S/C27H26BrNO2/c1-17-9-14-21(28)15-19(17)16-29-23-8-6-5-7-22(23)24(25(29)26(30)31)18-10-12-20(13-11-18)27(2,3)4/h5-15H,16H2,1-4H3,(H,30,31). The third-order valence-electron chi connectivity index (χ3n) is 5.85. The fourth-order valence-corrected chi connectivity index (χ4v) is 4.51. The first kappa shape index (κ1) is 21.4. The Kier molecular flexibility index (Phi) is 5.52. The van der Waals surface area contributed by atoms with Crippen molar-refractivity contribution in [3.8, 4) is 11.1 Å². The Morgan fingerprint density at radius 2 is 1.68 bits per heavy atom. The third kappa shape index (κ3) is 4.05. The van der Waals surface area contributed by atoms with Crippen LogP contribution in [0.5, 0.6) is 0 Å². The summed E-state index contributed by atoms with van der Waals surface area (Å²) in [5.74, 6) is -0.918. The van der Waals surface area contributed by atoms with Gasteiger partial charge in [-0.2, -0.15) is 0 Å². The highest BCUT2D eigenvalue weighted by Gasteiger charge is 2.24. The number of aromatic nitrogens is 1. The fourth-order valence-electron chi connectivity index (χ4n) is 4.10. The van der Waals surface area contributed by atoms with Crippen molar-refractivity contribution in [2.24, 2.45) is 0 Å². The highest BCUT2D eigenvalue weighted by Crippen LogP contribution is 2.37. The summed E-state index contributed by atoms with van der Waals surface area (Å²) in [6, 6.07) is 22.4. The van der Waals surface area contributed by atoms with Crippen LogP contribution in [0.15, 0.2) is 71.2 Å². The minimum atomic E-state index is -0.918. The van der Waals surface area contributed by atoms with E-state index in [1.165, 1.54) is 5.56 Å². The molecular weight excluding hydrogens is 450 g/mol. The number of fused-ring (bicyclic) bond motifs is 1. The van der Waals surface area contributed by atoms with Gasteiger partial charge in [0.1, 0.15) is 5.69 Å². The van der Waals surface area contributed by atoms with Gasteiger partial charge < -0.3 is 9.67 Å². The van der Waals surface area contributed by atoms with Gasteiger partial charge in [0.15, 0.2) is 0 Å². The number of halogens is 1. The molecule has 0 unspecified atom stereocenters. The quantitative estimate of drug-likeness (QED) is 0.333. The maximum absolute atomic E-state index is 12.5. The number of aryl methyl sites for hydroxylation is 1. The average molecular weight is 476 g/mol. The van der Waals surface area contributed by atoms with Gasteiger partial charge in [0, 0.05) is 27.5 Å². The van der Waals surface area contributed by atoms with Crippen LogP contribution in [-0.2, 0) is 12.0 Å². The lowest BCUT2D eigenvalue weighted by molar-refractivity contribution is 0.0687. The van der Waals surface area contributed by atoms with Crippen LogP contribution in [0.2, 0.25) is 0 Å². The Morgan fingerprint density at radius 1 is 1.00 bits per heavy atom. The van der Waals surface area contributed by atoms with E-state index in [4.69, 9.17) is 0 Å². The van der Waals surface area contributed by atoms with E-state index >= 15 is 0 Å². The van der Waals surface area contributed by atoms with Crippen molar-refractivity contribution in [2.45, 2.75) is 39.7 Å². The van der Waals surface area contributed by atoms with Crippen molar-refractivity contribution >= 4 is 32.8 Å². The molecule has 0 saturated carbocycles. The van der Waals surface area contributed by atoms with Crippen LogP contribution in [0.25, 0.3) is 22.0 Å². The second-order valence-electron chi connectivity index (χ2n) is 9.03. The summed E-state index contributed by atoms with van der Waals surface area (Å²) in [6.07, 6.45) is 0. The van der Waals surface area contributed by atoms with E-state index in [0.717, 1.165) is 37.6 Å². The van der Waals surface area contributed by atoms with Crippen LogP contribution in [-0.4, -0.2) is 15.6 Å². The molecule has 0 fully saturated rings. The molecule has 0 bridgehead atoms. The molecule has 1 aromatic heterocycles. The average Bonchev–Trinajstić information content (AvgIpc) is 3.05. The lowest BCUT2D eigenvalue weighted by Crippen LogP contribution is -2.12. The van der Waals surface area contributed by atoms with Crippen molar-refractivity contribution in [1.82, 2.24) is 4.57 Å². The first-order valence-corrected chi connectivity index (χ1v) is 11.2. The van der Waals surface area contributed by atoms with Crippen molar-refractivity contribution in [3.63, 3.8) is 0 Å². The van der Waals surface area contributed by atoms with E-state index in [9.17, 15) is 9.90 Å². The molecular formula is C27H26BrNO2. The lowest BCUT2D eigenvalue weighted by Gasteiger charge is -2.19. The molecule has 4 heteroatoms. The number of para-hydroxylation sites is 1. The van der Waals surface area contributed by atoms with Crippen LogP contribution >= 0.6 is 15.9 Å². The van der Waals surface area contributed by atoms with Crippen molar-refractivity contribution in [1.29, 1.82) is 0 Å². The minimum Gasteiger partial charge on any atom is -0.477 e. The number of nitrogens with zero attached hydrogens (tertiary/aromatic N) is 1. The topological polar surface area (TPSA) is 42.2 Å². The van der Waals surface area contributed by atoms with Crippen LogP contribution in [0.4, 0.5) is 0 Å². The minimum absolute atomic E-state index is 0.0420. The number of rotatable bonds is 4. The van der Waals surface area contributed by atoms with Gasteiger partial charge in [-0.25, -0.2) is 4.79 Å². The Labute approximate surface area is 191 Å². The van der Waals surface area contributed by atoms with Gasteiger partial charge in [-0.3, -0.25) is 0 Å². The highest BCUT2D eigenvalue weighted by molar-refractivity contribution is 9.10. The van der Waals surface area contributed by atoms with Gasteiger partial charge >= 0.3 is 5.97 Å². The Bertz CT molecular complexity index is 1280. The number of benzene rings is 3. The van der Waals surface area contributed by atoms with Crippen molar-refractivity contribution in [3.05, 3.63) is 93.6 Å². The number of aromatic carboxylic acids is 1. The van der Waals surface area contributed by atoms with Crippen molar-refractivity contribution < 1.29 is 9.90 Å². The van der Waals surface area contributed by atoms with E-state index in [1.54, 1.807) is 0 Å². The molecule has 4 aromatic rings. The van der Waals surface area contributed by atoms with Gasteiger partial charge in [-0.1, -0.05) is 85.2 Å². The summed E-state index contributed by atoms with van der Waals surface area (Å²) >= 11 is 3.55. The monoisotopic (exact) mass is 475 g/mol. The normalized spacial score (nSPS) is 11.8. The second-order valence-corrected chi connectivity index (χ2v) is 9.95. The Hall–Kier alpha value is -2.85. The zero-order valence-corrected chi connectivity index (χ0v) is 19.8. The molecule has 0 amide bonds. The number of carbonyl (C=O) groups is 1. The van der Waals surface area contributed by atoms with E-state index in [0.29, 0.717) is 12.2 Å². The zero-order chi connectivity index (χ0) is 22.3. The van der Waals surface area contributed by atoms with Gasteiger partial charge in [0.2, 0.25) is 0 Å². The van der Waals surface area contributed by atoms with Gasteiger partial charge in [0.25, 0.3) is 0 Å². The van der Waals surface area contributed by atoms with Crippen LogP contribution in [0, 0.1) is 6.92 Å². The predicted octanol–water partition coefficient (Wildman–Crippen LogP) is 7.42. The number of hydrogen-bond donors (Lipinski definition) is 1. The molecule has 0 saturated heterocycles. The van der Waals surface area contributed by atoms with Crippen molar-refractivity contribution in [2.75, 3.05) is 0 Å². The molecule has 3 nitrogen and oxygen atoms in total. The molecule has 158 valence electrons. The molecule has 0 radical (unpaired) electrons. The summed E-state index contributed by atoms with van der Waals surface area (Å²) in [4.78, 5) is 12.5. The summed E-state index contributed by atoms with van der Waals surface area (Å²) < 4.78 is 2.92. The molecule has 3 aromatic carbocycles. The third-order valence-corrected chi connectivity index (χ3v) is 6.35. The smallest absolute Gasteiger partial charge is 0.353 e. The van der Waals surface area contributed by atoms with Gasteiger partial charge in [0.05, 0.1) is 0 Å². The SMILES string of the molecule is Cc1ccc(Br)cc1Cn1c(C(=O)O)c(-c2ccc(C(C)(C)C)cc2)c2ccccc21. The van der Waals surface area contributed by atoms with Gasteiger partial charge in [-0.15, -0.1) is 0 Å². The summed E-state index contributed by atoms with van der Waals surface area (Å²) in [5.41, 5.74) is 6.43. The number of carboxylic acids is 1. The summed E-state index contributed by atoms with van der Waals surface area (Å²) in [6.45, 7) is 9.08. The molecule has 4 rings (SSSR count). The molecule has 31 heavy (non-hydrogen) atoms. The largest absolute Gasteiger partial charge is 0.477 e. The lowest BCUT2D eigenvalue weighted by atomic mass is 9.86. The van der Waals surface area contributed by atoms with Crippen LogP contribution < -0.4 is 0 Å². The van der Waals surface area contributed by atoms with E-state index in [2.05, 4.69) is 67.9 Å². The number of hydrogen-bond acceptors (Lipinski definition) is 1. The molecule has 1 N–H and O–H groups in total. The molecule has 0 atom stereocenters. The van der Waals surface area contributed by atoms with E-state index in [1.807, 2.05) is 47.0 Å². The zero-order valence-electron chi connectivity index (χ0n) is 18.2. The highest BCUT2D eigenvalue weighted by atomic mass is 79.9. The molecule has 1 heterocycles. The van der Waals surface area contributed by atoms with Gasteiger partial charge in [-0.05, 0) is 52.8 Å². The summed E-state index contributed by atoms with van der Waals surface area (Å²) in [5, 5.41) is 11.2. The molecule has 0 aliphatic heterocycles. The van der Waals surface area contributed by atoms with Crippen LogP contribution in [0.3, 0.4) is 0 Å². The second kappa shape index (κ2) is 8.01. The Balaban J connectivity index is 1.95. The number of carboxylic acid groups (broad SMARTS) is 1. The fraction of sp³-hybridized carbons (Fsp3) is 0.222. The van der Waals surface area contributed by atoms with E-state index in [-0.39, 0.29) is 5.41 Å². The van der Waals surface area contributed by atoms with Crippen LogP contribution in [0.1, 0.15) is 48.0 Å². The Morgan fingerprint density at radius 3 is 2.32 bits per heavy atom. The van der Waals surface area contributed by atoms with E-state index < -0.39 is 5.97 Å². The maximum atomic E-state index is 12.5. The predicted molar refractivity (Wildman–Crippen MR) is 131 cm³/mol. The molecule has 0 spiro atoms.